The summed E-state index contributed by atoms with van der Waals surface area (Å²) in [6.45, 7) is 5.86. The highest BCUT2D eigenvalue weighted by Gasteiger charge is 2.27. The molecule has 0 saturated carbocycles. The number of aryl methyl sites for hydroxylation is 1. The Bertz CT molecular complexity index is 1180. The van der Waals surface area contributed by atoms with Gasteiger partial charge < -0.3 is 10.2 Å². The summed E-state index contributed by atoms with van der Waals surface area (Å²) >= 11 is 0. The quantitative estimate of drug-likeness (QED) is 0.641. The minimum Gasteiger partial charge on any atom is -0.316 e. The van der Waals surface area contributed by atoms with Gasteiger partial charge in [0.1, 0.15) is 5.82 Å². The van der Waals surface area contributed by atoms with E-state index in [1.807, 2.05) is 13.8 Å². The second-order valence-electron chi connectivity index (χ2n) is 7.79. The van der Waals surface area contributed by atoms with Crippen LogP contribution in [0.4, 0.5) is 23.7 Å². The van der Waals surface area contributed by atoms with Crippen molar-refractivity contribution in [2.24, 2.45) is 13.0 Å². The highest BCUT2D eigenvalue weighted by Crippen LogP contribution is 2.27. The average Bonchev–Trinajstić information content (AvgIpc) is 2.71. The van der Waals surface area contributed by atoms with Gasteiger partial charge in [-0.05, 0) is 49.2 Å². The molecule has 0 aliphatic heterocycles. The number of aromatic nitrogens is 2. The summed E-state index contributed by atoms with van der Waals surface area (Å²) in [5.74, 6) is -2.60. The molecule has 6 nitrogen and oxygen atoms in total. The molecule has 31 heavy (non-hydrogen) atoms. The van der Waals surface area contributed by atoms with Crippen molar-refractivity contribution in [3.63, 3.8) is 0 Å². The number of anilines is 1. The SMILES string of the molecule is CC(C)CN(C(=O)Nc1ccc(F)cc1)C(C)c1nn(C)c(=O)c2cc(F)c(F)cc12. The molecule has 0 spiro atoms. The molecule has 0 saturated heterocycles. The van der Waals surface area contributed by atoms with E-state index in [1.165, 1.54) is 36.2 Å². The van der Waals surface area contributed by atoms with E-state index in [4.69, 9.17) is 0 Å². The van der Waals surface area contributed by atoms with Gasteiger partial charge in [-0.15, -0.1) is 0 Å². The van der Waals surface area contributed by atoms with Crippen molar-refractivity contribution >= 4 is 22.5 Å². The zero-order valence-corrected chi connectivity index (χ0v) is 17.6. The van der Waals surface area contributed by atoms with Gasteiger partial charge in [0.15, 0.2) is 11.6 Å². The summed E-state index contributed by atoms with van der Waals surface area (Å²) in [4.78, 5) is 26.9. The summed E-state index contributed by atoms with van der Waals surface area (Å²) in [6, 6.07) is 5.94. The fraction of sp³-hybridized carbons (Fsp3) is 0.318. The molecule has 3 rings (SSSR count). The van der Waals surface area contributed by atoms with Crippen LogP contribution in [-0.2, 0) is 7.05 Å². The summed E-state index contributed by atoms with van der Waals surface area (Å²) in [6.07, 6.45) is 0. The summed E-state index contributed by atoms with van der Waals surface area (Å²) in [5, 5.41) is 7.07. The van der Waals surface area contributed by atoms with E-state index in [9.17, 15) is 22.8 Å². The van der Waals surface area contributed by atoms with Crippen molar-refractivity contribution in [2.75, 3.05) is 11.9 Å². The lowest BCUT2D eigenvalue weighted by Crippen LogP contribution is -2.40. The molecule has 0 fully saturated rings. The number of urea groups is 1. The smallest absolute Gasteiger partial charge is 0.316 e. The molecule has 0 bridgehead atoms. The zero-order valence-electron chi connectivity index (χ0n) is 17.6. The van der Waals surface area contributed by atoms with Gasteiger partial charge in [-0.25, -0.2) is 22.6 Å². The minimum absolute atomic E-state index is 0.0262. The van der Waals surface area contributed by atoms with Crippen molar-refractivity contribution in [2.45, 2.75) is 26.8 Å². The molecule has 2 amide bonds. The van der Waals surface area contributed by atoms with Crippen LogP contribution >= 0.6 is 0 Å². The van der Waals surface area contributed by atoms with Gasteiger partial charge in [0, 0.05) is 24.7 Å². The number of rotatable bonds is 5. The second-order valence-corrected chi connectivity index (χ2v) is 7.79. The zero-order chi connectivity index (χ0) is 22.9. The molecule has 9 heteroatoms. The first-order valence-electron chi connectivity index (χ1n) is 9.77. The standard InChI is InChI=1S/C22H23F3N4O2/c1-12(2)11-29(22(31)26-15-7-5-14(23)6-8-15)13(3)20-16-9-18(24)19(25)10-17(16)21(30)28(4)27-20/h5-10,12-13H,11H2,1-4H3,(H,26,31). The van der Waals surface area contributed by atoms with Gasteiger partial charge in [-0.3, -0.25) is 4.79 Å². The maximum absolute atomic E-state index is 14.0. The van der Waals surface area contributed by atoms with E-state index in [0.717, 1.165) is 16.8 Å². The molecule has 164 valence electrons. The van der Waals surface area contributed by atoms with Crippen LogP contribution in [-0.4, -0.2) is 27.3 Å². The Hall–Kier alpha value is -3.36. The second kappa shape index (κ2) is 8.79. The fourth-order valence-electron chi connectivity index (χ4n) is 3.37. The van der Waals surface area contributed by atoms with Crippen molar-refractivity contribution in [1.29, 1.82) is 0 Å². The molecular formula is C22H23F3N4O2. The molecule has 2 aromatic carbocycles. The first-order chi connectivity index (χ1) is 14.6. The van der Waals surface area contributed by atoms with E-state index >= 15 is 0 Å². The largest absolute Gasteiger partial charge is 0.322 e. The van der Waals surface area contributed by atoms with E-state index < -0.39 is 35.1 Å². The van der Waals surface area contributed by atoms with Gasteiger partial charge in [0.2, 0.25) is 0 Å². The minimum atomic E-state index is -1.14. The molecule has 0 radical (unpaired) electrons. The number of nitrogens with zero attached hydrogens (tertiary/aromatic N) is 3. The van der Waals surface area contributed by atoms with Crippen LogP contribution in [0.25, 0.3) is 10.8 Å². The Morgan fingerprint density at radius 1 is 1.06 bits per heavy atom. The number of nitrogens with one attached hydrogen (secondary N) is 1. The van der Waals surface area contributed by atoms with Crippen LogP contribution in [0.3, 0.4) is 0 Å². The maximum Gasteiger partial charge on any atom is 0.322 e. The van der Waals surface area contributed by atoms with E-state index in [0.29, 0.717) is 12.2 Å². The number of halogens is 3. The molecule has 1 atom stereocenters. The monoisotopic (exact) mass is 432 g/mol. The Morgan fingerprint density at radius 3 is 2.23 bits per heavy atom. The molecule has 1 aromatic heterocycles. The van der Waals surface area contributed by atoms with E-state index in [2.05, 4.69) is 10.4 Å². The van der Waals surface area contributed by atoms with Crippen molar-refractivity contribution in [3.8, 4) is 0 Å². The Balaban J connectivity index is 2.06. The summed E-state index contributed by atoms with van der Waals surface area (Å²) in [7, 11) is 1.41. The normalized spacial score (nSPS) is 12.3. The molecule has 0 aliphatic rings. The Labute approximate surface area is 177 Å². The Morgan fingerprint density at radius 2 is 1.65 bits per heavy atom. The molecule has 1 unspecified atom stereocenters. The number of amides is 2. The highest BCUT2D eigenvalue weighted by molar-refractivity contribution is 5.90. The van der Waals surface area contributed by atoms with Crippen LogP contribution in [0.1, 0.15) is 32.5 Å². The van der Waals surface area contributed by atoms with Crippen LogP contribution in [0.5, 0.6) is 0 Å². The molecular weight excluding hydrogens is 409 g/mol. The lowest BCUT2D eigenvalue weighted by atomic mass is 10.0. The predicted molar refractivity (Wildman–Crippen MR) is 112 cm³/mol. The summed E-state index contributed by atoms with van der Waals surface area (Å²) < 4.78 is 42.0. The maximum atomic E-state index is 14.0. The highest BCUT2D eigenvalue weighted by atomic mass is 19.2. The van der Waals surface area contributed by atoms with Crippen molar-refractivity contribution in [3.05, 3.63) is 69.9 Å². The van der Waals surface area contributed by atoms with Crippen LogP contribution in [0, 0.1) is 23.4 Å². The van der Waals surface area contributed by atoms with Crippen LogP contribution in [0.2, 0.25) is 0 Å². The van der Waals surface area contributed by atoms with Crippen LogP contribution < -0.4 is 10.9 Å². The van der Waals surface area contributed by atoms with Gasteiger partial charge in [0.25, 0.3) is 5.56 Å². The van der Waals surface area contributed by atoms with Gasteiger partial charge in [0.05, 0.1) is 17.1 Å². The van der Waals surface area contributed by atoms with Gasteiger partial charge in [-0.2, -0.15) is 5.10 Å². The first-order valence-corrected chi connectivity index (χ1v) is 9.77. The fourth-order valence-corrected chi connectivity index (χ4v) is 3.37. The number of carbonyl (C=O) groups is 1. The third-order valence-electron chi connectivity index (χ3n) is 4.90. The first kappa shape index (κ1) is 22.3. The third kappa shape index (κ3) is 4.70. The summed E-state index contributed by atoms with van der Waals surface area (Å²) in [5.41, 5.74) is 0.0840. The number of benzene rings is 2. The number of hydrogen-bond acceptors (Lipinski definition) is 3. The molecule has 1 N–H and O–H groups in total. The van der Waals surface area contributed by atoms with E-state index in [-0.39, 0.29) is 22.4 Å². The number of carbonyl (C=O) groups excluding carboxylic acids is 1. The molecule has 0 aliphatic carbocycles. The van der Waals surface area contributed by atoms with Crippen molar-refractivity contribution < 1.29 is 18.0 Å². The predicted octanol–water partition coefficient (Wildman–Crippen LogP) is 4.60. The van der Waals surface area contributed by atoms with E-state index in [1.54, 1.807) is 6.92 Å². The third-order valence-corrected chi connectivity index (χ3v) is 4.90. The van der Waals surface area contributed by atoms with Crippen LogP contribution in [0.15, 0.2) is 41.2 Å². The van der Waals surface area contributed by atoms with Gasteiger partial charge >= 0.3 is 6.03 Å². The topological polar surface area (TPSA) is 67.2 Å². The molecule has 1 heterocycles. The lowest BCUT2D eigenvalue weighted by molar-refractivity contribution is 0.182. The molecule has 3 aromatic rings. The average molecular weight is 432 g/mol. The Kier molecular flexibility index (Phi) is 6.33. The lowest BCUT2D eigenvalue weighted by Gasteiger charge is -2.31. The number of fused-ring (bicyclic) bond motifs is 1. The van der Waals surface area contributed by atoms with Crippen molar-refractivity contribution in [1.82, 2.24) is 14.7 Å². The van der Waals surface area contributed by atoms with Gasteiger partial charge in [-0.1, -0.05) is 13.8 Å². The number of hydrogen-bond donors (Lipinski definition) is 1.